The number of hydrogen-bond acceptors (Lipinski definition) is 5. The van der Waals surface area contributed by atoms with Crippen LogP contribution >= 0.6 is 0 Å². The van der Waals surface area contributed by atoms with Crippen molar-refractivity contribution in [1.82, 2.24) is 20.2 Å². The van der Waals surface area contributed by atoms with Gasteiger partial charge in [0.15, 0.2) is 11.9 Å². The first kappa shape index (κ1) is 8.63. The highest BCUT2D eigenvalue weighted by Crippen LogP contribution is 2.11. The van der Waals surface area contributed by atoms with Crippen molar-refractivity contribution in [3.8, 4) is 0 Å². The molecule has 12 heavy (non-hydrogen) atoms. The Kier molecular flexibility index (Phi) is 2.37. The highest BCUT2D eigenvalue weighted by molar-refractivity contribution is 5.66. The molecule has 0 spiro atoms. The molecule has 0 saturated heterocycles. The van der Waals surface area contributed by atoms with E-state index in [4.69, 9.17) is 4.74 Å². The standard InChI is InChI=1S/C6H10N4O2/c1-4(12-5(2)11)6-7-8-9-10(6)3/h4H,1-3H3. The molecule has 1 unspecified atom stereocenters. The summed E-state index contributed by atoms with van der Waals surface area (Å²) in [6, 6.07) is 0. The van der Waals surface area contributed by atoms with Gasteiger partial charge in [-0.1, -0.05) is 0 Å². The molecule has 0 radical (unpaired) electrons. The molecule has 0 saturated carbocycles. The Bertz CT molecular complexity index is 283. The van der Waals surface area contributed by atoms with E-state index in [1.54, 1.807) is 14.0 Å². The maximum atomic E-state index is 10.6. The third-order valence-corrected chi connectivity index (χ3v) is 1.36. The summed E-state index contributed by atoms with van der Waals surface area (Å²) in [6.45, 7) is 3.06. The van der Waals surface area contributed by atoms with Gasteiger partial charge in [0, 0.05) is 14.0 Å². The normalized spacial score (nSPS) is 12.6. The quantitative estimate of drug-likeness (QED) is 0.576. The van der Waals surface area contributed by atoms with Gasteiger partial charge < -0.3 is 4.74 Å². The van der Waals surface area contributed by atoms with Crippen LogP contribution in [0.2, 0.25) is 0 Å². The van der Waals surface area contributed by atoms with Gasteiger partial charge in [-0.25, -0.2) is 4.68 Å². The Morgan fingerprint density at radius 3 is 2.75 bits per heavy atom. The number of rotatable bonds is 2. The third-order valence-electron chi connectivity index (χ3n) is 1.36. The molecule has 0 aliphatic carbocycles. The number of nitrogens with zero attached hydrogens (tertiary/aromatic N) is 4. The fourth-order valence-electron chi connectivity index (χ4n) is 0.882. The number of ether oxygens (including phenoxy) is 1. The fourth-order valence-corrected chi connectivity index (χ4v) is 0.882. The summed E-state index contributed by atoms with van der Waals surface area (Å²) in [5, 5.41) is 10.7. The topological polar surface area (TPSA) is 69.9 Å². The second kappa shape index (κ2) is 3.29. The van der Waals surface area contributed by atoms with Crippen LogP contribution in [0.25, 0.3) is 0 Å². The highest BCUT2D eigenvalue weighted by Gasteiger charge is 2.14. The third kappa shape index (κ3) is 1.77. The van der Waals surface area contributed by atoms with Crippen LogP contribution in [0, 0.1) is 0 Å². The van der Waals surface area contributed by atoms with Gasteiger partial charge in [-0.2, -0.15) is 0 Å². The van der Waals surface area contributed by atoms with Crippen molar-refractivity contribution >= 4 is 5.97 Å². The zero-order valence-corrected chi connectivity index (χ0v) is 7.18. The van der Waals surface area contributed by atoms with Crippen molar-refractivity contribution in [1.29, 1.82) is 0 Å². The van der Waals surface area contributed by atoms with E-state index >= 15 is 0 Å². The number of tetrazole rings is 1. The minimum Gasteiger partial charge on any atom is -0.455 e. The molecule has 1 heterocycles. The van der Waals surface area contributed by atoms with E-state index in [1.807, 2.05) is 0 Å². The lowest BCUT2D eigenvalue weighted by molar-refractivity contribution is -0.146. The predicted octanol–water partition coefficient (Wildman–Crippen LogP) is -0.166. The number of carbonyl (C=O) groups is 1. The summed E-state index contributed by atoms with van der Waals surface area (Å²) < 4.78 is 6.34. The monoisotopic (exact) mass is 170 g/mol. The first-order valence-electron chi connectivity index (χ1n) is 3.50. The Balaban J connectivity index is 2.71. The molecule has 0 aromatic carbocycles. The molecule has 1 atom stereocenters. The van der Waals surface area contributed by atoms with Crippen molar-refractivity contribution in [3.05, 3.63) is 5.82 Å². The largest absolute Gasteiger partial charge is 0.455 e. The summed E-state index contributed by atoms with van der Waals surface area (Å²) in [4.78, 5) is 10.6. The predicted molar refractivity (Wildman–Crippen MR) is 39.0 cm³/mol. The molecule has 1 rings (SSSR count). The van der Waals surface area contributed by atoms with Gasteiger partial charge in [0.2, 0.25) is 0 Å². The van der Waals surface area contributed by atoms with Crippen molar-refractivity contribution in [2.75, 3.05) is 0 Å². The molecule has 0 N–H and O–H groups in total. The van der Waals surface area contributed by atoms with Gasteiger partial charge in [-0.15, -0.1) is 5.10 Å². The van der Waals surface area contributed by atoms with Gasteiger partial charge in [0.25, 0.3) is 0 Å². The van der Waals surface area contributed by atoms with Crippen LogP contribution in [0.5, 0.6) is 0 Å². The molecule has 1 aromatic rings. The smallest absolute Gasteiger partial charge is 0.303 e. The van der Waals surface area contributed by atoms with Crippen molar-refractivity contribution in [2.45, 2.75) is 20.0 Å². The minimum atomic E-state index is -0.400. The Morgan fingerprint density at radius 2 is 2.33 bits per heavy atom. The second-order valence-electron chi connectivity index (χ2n) is 2.41. The molecular formula is C6H10N4O2. The summed E-state index contributed by atoms with van der Waals surface area (Å²) >= 11 is 0. The first-order valence-corrected chi connectivity index (χ1v) is 3.50. The molecule has 0 amide bonds. The molecule has 0 aliphatic rings. The Hall–Kier alpha value is -1.46. The number of carbonyl (C=O) groups excluding carboxylic acids is 1. The van der Waals surface area contributed by atoms with Crippen LogP contribution in [-0.4, -0.2) is 26.2 Å². The minimum absolute atomic E-state index is 0.342. The molecule has 66 valence electrons. The van der Waals surface area contributed by atoms with E-state index in [9.17, 15) is 4.79 Å². The molecule has 6 heteroatoms. The fraction of sp³-hybridized carbons (Fsp3) is 0.667. The summed E-state index contributed by atoms with van der Waals surface area (Å²) in [7, 11) is 1.69. The van der Waals surface area contributed by atoms with Crippen LogP contribution in [0.3, 0.4) is 0 Å². The van der Waals surface area contributed by atoms with Crippen molar-refractivity contribution < 1.29 is 9.53 Å². The van der Waals surface area contributed by atoms with Crippen molar-refractivity contribution in [2.24, 2.45) is 7.05 Å². The summed E-state index contributed by atoms with van der Waals surface area (Å²) in [5.41, 5.74) is 0. The number of aryl methyl sites for hydroxylation is 1. The zero-order chi connectivity index (χ0) is 9.14. The van der Waals surface area contributed by atoms with Crippen LogP contribution in [0.4, 0.5) is 0 Å². The van der Waals surface area contributed by atoms with Gasteiger partial charge in [-0.3, -0.25) is 4.79 Å². The zero-order valence-electron chi connectivity index (χ0n) is 7.18. The number of aromatic nitrogens is 4. The Morgan fingerprint density at radius 1 is 1.67 bits per heavy atom. The molecule has 0 aliphatic heterocycles. The van der Waals surface area contributed by atoms with Crippen LogP contribution in [0.1, 0.15) is 25.8 Å². The van der Waals surface area contributed by atoms with Crippen LogP contribution in [0.15, 0.2) is 0 Å². The average Bonchev–Trinajstić information content (AvgIpc) is 2.33. The molecule has 0 fully saturated rings. The van der Waals surface area contributed by atoms with E-state index in [0.29, 0.717) is 5.82 Å². The lowest BCUT2D eigenvalue weighted by Crippen LogP contribution is -2.10. The molecule has 1 aromatic heterocycles. The first-order chi connectivity index (χ1) is 5.61. The number of hydrogen-bond donors (Lipinski definition) is 0. The van der Waals surface area contributed by atoms with E-state index < -0.39 is 6.10 Å². The van der Waals surface area contributed by atoms with E-state index in [1.165, 1.54) is 11.6 Å². The average molecular weight is 170 g/mol. The summed E-state index contributed by atoms with van der Waals surface area (Å²) in [5.74, 6) is 0.190. The van der Waals surface area contributed by atoms with Gasteiger partial charge in [-0.05, 0) is 17.4 Å². The SMILES string of the molecule is CC(=O)OC(C)c1nnnn1C. The molecule has 0 bridgehead atoms. The van der Waals surface area contributed by atoms with E-state index in [2.05, 4.69) is 15.5 Å². The molecule has 6 nitrogen and oxygen atoms in total. The van der Waals surface area contributed by atoms with E-state index in [0.717, 1.165) is 0 Å². The Labute approximate surface area is 69.5 Å². The lowest BCUT2D eigenvalue weighted by Gasteiger charge is -2.08. The molecular weight excluding hydrogens is 160 g/mol. The maximum absolute atomic E-state index is 10.6. The van der Waals surface area contributed by atoms with Gasteiger partial charge in [0.1, 0.15) is 0 Å². The number of esters is 1. The van der Waals surface area contributed by atoms with Gasteiger partial charge >= 0.3 is 5.97 Å². The van der Waals surface area contributed by atoms with Crippen LogP contribution < -0.4 is 0 Å². The maximum Gasteiger partial charge on any atom is 0.303 e. The van der Waals surface area contributed by atoms with Crippen molar-refractivity contribution in [3.63, 3.8) is 0 Å². The van der Waals surface area contributed by atoms with Crippen LogP contribution in [-0.2, 0) is 16.6 Å². The summed E-state index contributed by atoms with van der Waals surface area (Å²) in [6.07, 6.45) is -0.400. The highest BCUT2D eigenvalue weighted by atomic mass is 16.5. The van der Waals surface area contributed by atoms with Gasteiger partial charge in [0.05, 0.1) is 0 Å². The second-order valence-corrected chi connectivity index (χ2v) is 2.41. The van der Waals surface area contributed by atoms with E-state index in [-0.39, 0.29) is 5.97 Å². The lowest BCUT2D eigenvalue weighted by atomic mass is 10.4.